The Bertz CT molecular complexity index is 745. The van der Waals surface area contributed by atoms with Gasteiger partial charge in [0.2, 0.25) is 0 Å². The van der Waals surface area contributed by atoms with Gasteiger partial charge in [0.15, 0.2) is 16.4 Å². The van der Waals surface area contributed by atoms with Gasteiger partial charge in [-0.3, -0.25) is 9.69 Å². The van der Waals surface area contributed by atoms with Crippen molar-refractivity contribution in [1.82, 2.24) is 9.80 Å². The molecule has 0 spiro atoms. The van der Waals surface area contributed by atoms with Gasteiger partial charge in [0.05, 0.1) is 11.5 Å². The van der Waals surface area contributed by atoms with E-state index in [0.717, 1.165) is 5.56 Å². The molecule has 0 aliphatic carbocycles. The van der Waals surface area contributed by atoms with Gasteiger partial charge in [-0.25, -0.2) is 8.42 Å². The first kappa shape index (κ1) is 18.5. The number of carbonyl (C=O) groups is 1. The third kappa shape index (κ3) is 4.65. The molecule has 3 rings (SSSR count). The van der Waals surface area contributed by atoms with E-state index in [1.807, 2.05) is 13.0 Å². The smallest absolute Gasteiger partial charge is 0.260 e. The van der Waals surface area contributed by atoms with Crippen LogP contribution >= 0.6 is 11.6 Å². The summed E-state index contributed by atoms with van der Waals surface area (Å²) in [6.45, 7) is 4.53. The molecule has 0 radical (unpaired) electrons. The molecule has 0 bridgehead atoms. The number of halogens is 1. The lowest BCUT2D eigenvalue weighted by Gasteiger charge is -2.37. The molecule has 138 valence electrons. The van der Waals surface area contributed by atoms with Gasteiger partial charge in [0.1, 0.15) is 5.75 Å². The first-order chi connectivity index (χ1) is 11.8. The summed E-state index contributed by atoms with van der Waals surface area (Å²) in [5, 5.41) is 0.670. The van der Waals surface area contributed by atoms with Gasteiger partial charge in [-0.1, -0.05) is 11.6 Å². The van der Waals surface area contributed by atoms with Crippen LogP contribution in [0.5, 0.6) is 5.75 Å². The van der Waals surface area contributed by atoms with Crippen molar-refractivity contribution in [3.05, 3.63) is 28.8 Å². The number of sulfone groups is 1. The molecule has 2 aliphatic heterocycles. The molecular weight excluding hydrogens is 364 g/mol. The van der Waals surface area contributed by atoms with Gasteiger partial charge in [0, 0.05) is 37.2 Å². The molecule has 6 nitrogen and oxygen atoms in total. The maximum atomic E-state index is 12.3. The number of hydrogen-bond donors (Lipinski definition) is 0. The summed E-state index contributed by atoms with van der Waals surface area (Å²) in [4.78, 5) is 16.3. The number of nitrogens with zero attached hydrogens (tertiary/aromatic N) is 2. The predicted molar refractivity (Wildman–Crippen MR) is 96.9 cm³/mol. The Hall–Kier alpha value is -1.31. The average Bonchev–Trinajstić information content (AvgIpc) is 2.96. The SMILES string of the molecule is Cc1cc(OCC(=O)N2CCN([C@H]3CCS(=O)(=O)C3)CC2)ccc1Cl. The van der Waals surface area contributed by atoms with E-state index < -0.39 is 9.84 Å². The molecule has 0 N–H and O–H groups in total. The number of aryl methyl sites for hydroxylation is 1. The lowest BCUT2D eigenvalue weighted by atomic mass is 10.2. The number of rotatable bonds is 4. The van der Waals surface area contributed by atoms with Gasteiger partial charge >= 0.3 is 0 Å². The van der Waals surface area contributed by atoms with Crippen LogP contribution in [0, 0.1) is 6.92 Å². The third-order valence-corrected chi connectivity index (χ3v) is 7.06. The van der Waals surface area contributed by atoms with E-state index in [2.05, 4.69) is 4.90 Å². The summed E-state index contributed by atoms with van der Waals surface area (Å²) in [6, 6.07) is 5.43. The average molecular weight is 387 g/mol. The molecule has 1 atom stereocenters. The second-order valence-electron chi connectivity index (χ2n) is 6.67. The van der Waals surface area contributed by atoms with Crippen molar-refractivity contribution in [3.63, 3.8) is 0 Å². The van der Waals surface area contributed by atoms with E-state index >= 15 is 0 Å². The van der Waals surface area contributed by atoms with E-state index in [9.17, 15) is 13.2 Å². The quantitative estimate of drug-likeness (QED) is 0.781. The molecule has 2 fully saturated rings. The minimum Gasteiger partial charge on any atom is -0.484 e. The highest BCUT2D eigenvalue weighted by atomic mass is 35.5. The first-order valence-corrected chi connectivity index (χ1v) is 10.7. The zero-order valence-corrected chi connectivity index (χ0v) is 15.9. The lowest BCUT2D eigenvalue weighted by Crippen LogP contribution is -2.53. The Labute approximate surface area is 153 Å². The Morgan fingerprint density at radius 1 is 1.28 bits per heavy atom. The van der Waals surface area contributed by atoms with Crippen molar-refractivity contribution in [2.75, 3.05) is 44.3 Å². The fraction of sp³-hybridized carbons (Fsp3) is 0.588. The van der Waals surface area contributed by atoms with Crippen LogP contribution in [0.15, 0.2) is 18.2 Å². The number of amides is 1. The molecule has 2 aliphatic rings. The normalized spacial score (nSPS) is 23.6. The van der Waals surface area contributed by atoms with Gasteiger partial charge in [-0.05, 0) is 37.1 Å². The van der Waals surface area contributed by atoms with Gasteiger partial charge in [-0.15, -0.1) is 0 Å². The van der Waals surface area contributed by atoms with E-state index in [4.69, 9.17) is 16.3 Å². The van der Waals surface area contributed by atoms with Crippen LogP contribution in [0.4, 0.5) is 0 Å². The monoisotopic (exact) mass is 386 g/mol. The van der Waals surface area contributed by atoms with E-state index in [0.29, 0.717) is 43.4 Å². The van der Waals surface area contributed by atoms with E-state index in [-0.39, 0.29) is 30.1 Å². The highest BCUT2D eigenvalue weighted by Crippen LogP contribution is 2.22. The summed E-state index contributed by atoms with van der Waals surface area (Å²) in [6.07, 6.45) is 0.704. The Balaban J connectivity index is 1.46. The molecule has 0 aromatic heterocycles. The molecule has 0 saturated carbocycles. The van der Waals surface area contributed by atoms with Crippen LogP contribution in [0.25, 0.3) is 0 Å². The Morgan fingerprint density at radius 3 is 2.60 bits per heavy atom. The maximum Gasteiger partial charge on any atom is 0.260 e. The lowest BCUT2D eigenvalue weighted by molar-refractivity contribution is -0.135. The topological polar surface area (TPSA) is 66.9 Å². The van der Waals surface area contributed by atoms with Crippen molar-refractivity contribution >= 4 is 27.3 Å². The first-order valence-electron chi connectivity index (χ1n) is 8.45. The van der Waals surface area contributed by atoms with Gasteiger partial charge in [0.25, 0.3) is 5.91 Å². The molecular formula is C17H23ClN2O4S. The van der Waals surface area contributed by atoms with Crippen molar-refractivity contribution in [1.29, 1.82) is 0 Å². The van der Waals surface area contributed by atoms with Crippen molar-refractivity contribution < 1.29 is 17.9 Å². The predicted octanol–water partition coefficient (Wildman–Crippen LogP) is 1.36. The Morgan fingerprint density at radius 2 is 2.00 bits per heavy atom. The number of piperazine rings is 1. The van der Waals surface area contributed by atoms with Crippen LogP contribution in [-0.4, -0.2) is 74.5 Å². The van der Waals surface area contributed by atoms with Crippen molar-refractivity contribution in [2.24, 2.45) is 0 Å². The molecule has 8 heteroatoms. The highest BCUT2D eigenvalue weighted by molar-refractivity contribution is 7.91. The Kier molecular flexibility index (Phi) is 5.55. The van der Waals surface area contributed by atoms with Gasteiger partial charge in [-0.2, -0.15) is 0 Å². The molecule has 0 unspecified atom stereocenters. The molecule has 1 aromatic rings. The zero-order valence-electron chi connectivity index (χ0n) is 14.3. The molecule has 2 saturated heterocycles. The van der Waals surface area contributed by atoms with Crippen LogP contribution < -0.4 is 4.74 Å². The minimum atomic E-state index is -2.87. The maximum absolute atomic E-state index is 12.3. The molecule has 25 heavy (non-hydrogen) atoms. The molecule has 2 heterocycles. The standard InChI is InChI=1S/C17H23ClN2O4S/c1-13-10-15(2-3-16(13)18)24-11-17(21)20-7-5-19(6-8-20)14-4-9-25(22,23)12-14/h2-3,10,14H,4-9,11-12H2,1H3/t14-/m0/s1. The second kappa shape index (κ2) is 7.51. The summed E-state index contributed by atoms with van der Waals surface area (Å²) >= 11 is 5.98. The summed E-state index contributed by atoms with van der Waals surface area (Å²) in [7, 11) is -2.87. The van der Waals surface area contributed by atoms with Crippen molar-refractivity contribution in [3.8, 4) is 5.75 Å². The van der Waals surface area contributed by atoms with Crippen LogP contribution in [0.1, 0.15) is 12.0 Å². The number of carbonyl (C=O) groups excluding carboxylic acids is 1. The fourth-order valence-electron chi connectivity index (χ4n) is 3.34. The van der Waals surface area contributed by atoms with Crippen molar-refractivity contribution in [2.45, 2.75) is 19.4 Å². The molecule has 1 aromatic carbocycles. The van der Waals surface area contributed by atoms with Gasteiger partial charge < -0.3 is 9.64 Å². The second-order valence-corrected chi connectivity index (χ2v) is 9.31. The van der Waals surface area contributed by atoms with Crippen LogP contribution in [-0.2, 0) is 14.6 Å². The highest BCUT2D eigenvalue weighted by Gasteiger charge is 2.34. The number of hydrogen-bond acceptors (Lipinski definition) is 5. The van der Waals surface area contributed by atoms with Crippen LogP contribution in [0.2, 0.25) is 5.02 Å². The summed E-state index contributed by atoms with van der Waals surface area (Å²) < 4.78 is 28.8. The molecule has 1 amide bonds. The summed E-state index contributed by atoms with van der Waals surface area (Å²) in [5.74, 6) is 1.11. The van der Waals surface area contributed by atoms with E-state index in [1.54, 1.807) is 17.0 Å². The van der Waals surface area contributed by atoms with Crippen LogP contribution in [0.3, 0.4) is 0 Å². The van der Waals surface area contributed by atoms with E-state index in [1.165, 1.54) is 0 Å². The fourth-order valence-corrected chi connectivity index (χ4v) is 5.22. The third-order valence-electron chi connectivity index (χ3n) is 4.88. The number of ether oxygens (including phenoxy) is 1. The zero-order chi connectivity index (χ0) is 18.0. The number of benzene rings is 1. The summed E-state index contributed by atoms with van der Waals surface area (Å²) in [5.41, 5.74) is 0.909. The largest absolute Gasteiger partial charge is 0.484 e. The minimum absolute atomic E-state index is 0.00111.